The van der Waals surface area contributed by atoms with Gasteiger partial charge in [-0.25, -0.2) is 0 Å². The van der Waals surface area contributed by atoms with Gasteiger partial charge in [0.15, 0.2) is 0 Å². The van der Waals surface area contributed by atoms with Crippen molar-refractivity contribution in [3.8, 4) is 5.75 Å². The maximum Gasteiger partial charge on any atom is 0.410 e. The zero-order valence-corrected chi connectivity index (χ0v) is 11.7. The van der Waals surface area contributed by atoms with Crippen molar-refractivity contribution in [2.75, 3.05) is 0 Å². The van der Waals surface area contributed by atoms with Crippen LogP contribution in [0.15, 0.2) is 60.7 Å². The minimum absolute atomic E-state index is 0.0578. The van der Waals surface area contributed by atoms with Gasteiger partial charge >= 0.3 is 12.1 Å². The van der Waals surface area contributed by atoms with Crippen LogP contribution in [0.5, 0.6) is 5.75 Å². The van der Waals surface area contributed by atoms with Gasteiger partial charge in [0.05, 0.1) is 0 Å². The number of rotatable bonds is 3. The topological polar surface area (TPSA) is 26.3 Å². The van der Waals surface area contributed by atoms with Crippen molar-refractivity contribution < 1.29 is 22.7 Å². The number of ether oxygens (including phenoxy) is 1. The Kier molecular flexibility index (Phi) is 4.65. The summed E-state index contributed by atoms with van der Waals surface area (Å²) in [5, 5.41) is 0. The normalized spacial score (nSPS) is 12.1. The van der Waals surface area contributed by atoms with Crippen molar-refractivity contribution >= 4 is 11.5 Å². The van der Waals surface area contributed by atoms with E-state index >= 15 is 0 Å². The lowest BCUT2D eigenvalue weighted by molar-refractivity contribution is -0.131. The van der Waals surface area contributed by atoms with E-state index in [2.05, 4.69) is 0 Å². The summed E-state index contributed by atoms with van der Waals surface area (Å²) >= 11 is 0. The van der Waals surface area contributed by atoms with Crippen LogP contribution >= 0.6 is 0 Å². The van der Waals surface area contributed by atoms with Crippen molar-refractivity contribution in [3.05, 3.63) is 71.8 Å². The first-order valence-electron chi connectivity index (χ1n) is 6.49. The molecular weight excluding hydrogens is 293 g/mol. The van der Waals surface area contributed by atoms with Gasteiger partial charge in [-0.15, -0.1) is 0 Å². The summed E-state index contributed by atoms with van der Waals surface area (Å²) in [6.07, 6.45) is -4.16. The molecule has 2 aromatic rings. The van der Waals surface area contributed by atoms with Crippen molar-refractivity contribution in [2.45, 2.75) is 13.1 Å². The van der Waals surface area contributed by atoms with Crippen molar-refractivity contribution in [2.24, 2.45) is 0 Å². The van der Waals surface area contributed by atoms with Gasteiger partial charge in [0, 0.05) is 13.0 Å². The Morgan fingerprint density at radius 2 is 1.50 bits per heavy atom. The smallest absolute Gasteiger partial charge is 0.410 e. The largest absolute Gasteiger partial charge is 0.427 e. The molecule has 0 bridgehead atoms. The van der Waals surface area contributed by atoms with Gasteiger partial charge < -0.3 is 4.74 Å². The first-order valence-corrected chi connectivity index (χ1v) is 6.49. The average molecular weight is 306 g/mol. The third kappa shape index (κ3) is 4.48. The summed E-state index contributed by atoms with van der Waals surface area (Å²) in [6.45, 7) is 1.26. The van der Waals surface area contributed by atoms with Crippen LogP contribution in [-0.4, -0.2) is 12.1 Å². The van der Waals surface area contributed by atoms with E-state index in [4.69, 9.17) is 4.74 Å². The van der Waals surface area contributed by atoms with Crippen molar-refractivity contribution in [1.29, 1.82) is 0 Å². The highest BCUT2D eigenvalue weighted by atomic mass is 19.4. The van der Waals surface area contributed by atoms with E-state index in [-0.39, 0.29) is 17.4 Å². The van der Waals surface area contributed by atoms with Crippen molar-refractivity contribution in [3.63, 3.8) is 0 Å². The van der Waals surface area contributed by atoms with Crippen molar-refractivity contribution in [1.82, 2.24) is 0 Å². The number of hydrogen-bond acceptors (Lipinski definition) is 2. The third-order valence-corrected chi connectivity index (χ3v) is 2.82. The van der Waals surface area contributed by atoms with Gasteiger partial charge in [-0.3, -0.25) is 4.79 Å². The Labute approximate surface area is 125 Å². The Morgan fingerprint density at radius 1 is 0.955 bits per heavy atom. The van der Waals surface area contributed by atoms with Crippen LogP contribution in [-0.2, 0) is 4.79 Å². The molecule has 2 nitrogen and oxygen atoms in total. The zero-order valence-electron chi connectivity index (χ0n) is 11.7. The van der Waals surface area contributed by atoms with Gasteiger partial charge in [0.1, 0.15) is 5.75 Å². The molecule has 0 aromatic heterocycles. The molecule has 0 saturated heterocycles. The van der Waals surface area contributed by atoms with E-state index in [1.807, 2.05) is 0 Å². The number of alkyl halides is 3. The van der Waals surface area contributed by atoms with Crippen LogP contribution in [0.1, 0.15) is 18.1 Å². The molecule has 2 aromatic carbocycles. The molecule has 2 rings (SSSR count). The third-order valence-electron chi connectivity index (χ3n) is 2.82. The fraction of sp³-hybridized carbons (Fsp3) is 0.118. The molecule has 0 spiro atoms. The van der Waals surface area contributed by atoms with Gasteiger partial charge in [-0.05, 0) is 28.8 Å². The SMILES string of the molecule is CC(=O)Oc1ccc(C(=CC(F)(F)F)c2ccccc2)cc1. The van der Waals surface area contributed by atoms with E-state index < -0.39 is 12.1 Å². The monoisotopic (exact) mass is 306 g/mol. The highest BCUT2D eigenvalue weighted by Crippen LogP contribution is 2.30. The highest BCUT2D eigenvalue weighted by molar-refractivity contribution is 5.80. The fourth-order valence-electron chi connectivity index (χ4n) is 1.98. The first-order chi connectivity index (χ1) is 10.3. The average Bonchev–Trinajstić information content (AvgIpc) is 2.45. The minimum Gasteiger partial charge on any atom is -0.427 e. The van der Waals surface area contributed by atoms with Crippen LogP contribution in [0, 0.1) is 0 Å². The molecule has 0 saturated carbocycles. The predicted molar refractivity (Wildman–Crippen MR) is 77.3 cm³/mol. The molecular formula is C17H13F3O2. The van der Waals surface area contributed by atoms with E-state index in [9.17, 15) is 18.0 Å². The van der Waals surface area contributed by atoms with Gasteiger partial charge in [-0.2, -0.15) is 13.2 Å². The van der Waals surface area contributed by atoms with E-state index in [0.29, 0.717) is 11.1 Å². The van der Waals surface area contributed by atoms with Gasteiger partial charge in [0.25, 0.3) is 0 Å². The number of benzene rings is 2. The molecule has 0 atom stereocenters. The Hall–Kier alpha value is -2.56. The minimum atomic E-state index is -4.43. The number of carbonyl (C=O) groups is 1. The summed E-state index contributed by atoms with van der Waals surface area (Å²) < 4.78 is 43.2. The molecule has 0 aliphatic carbocycles. The zero-order chi connectivity index (χ0) is 16.2. The van der Waals surface area contributed by atoms with Crippen LogP contribution in [0.2, 0.25) is 0 Å². The maximum absolute atomic E-state index is 12.8. The second kappa shape index (κ2) is 6.47. The number of hydrogen-bond donors (Lipinski definition) is 0. The van der Waals surface area contributed by atoms with Crippen LogP contribution in [0.4, 0.5) is 13.2 Å². The molecule has 0 radical (unpaired) electrons. The second-order valence-corrected chi connectivity index (χ2v) is 4.58. The summed E-state index contributed by atoms with van der Waals surface area (Å²) in [6, 6.07) is 14.2. The van der Waals surface area contributed by atoms with E-state index in [0.717, 1.165) is 0 Å². The molecule has 0 fully saturated rings. The molecule has 0 aliphatic heterocycles. The van der Waals surface area contributed by atoms with E-state index in [1.54, 1.807) is 30.3 Å². The molecule has 0 N–H and O–H groups in total. The molecule has 22 heavy (non-hydrogen) atoms. The number of carbonyl (C=O) groups excluding carboxylic acids is 1. The highest BCUT2D eigenvalue weighted by Gasteiger charge is 2.25. The fourth-order valence-corrected chi connectivity index (χ4v) is 1.98. The van der Waals surface area contributed by atoms with Gasteiger partial charge in [-0.1, -0.05) is 42.5 Å². The lowest BCUT2D eigenvalue weighted by Crippen LogP contribution is -2.04. The van der Waals surface area contributed by atoms with Crippen LogP contribution < -0.4 is 4.74 Å². The summed E-state index contributed by atoms with van der Waals surface area (Å²) in [4.78, 5) is 10.9. The molecule has 114 valence electrons. The molecule has 0 aliphatic rings. The quantitative estimate of drug-likeness (QED) is 0.611. The predicted octanol–water partition coefficient (Wildman–Crippen LogP) is 4.61. The summed E-state index contributed by atoms with van der Waals surface area (Å²) in [5.41, 5.74) is 0.905. The Bertz CT molecular complexity index is 671. The lowest BCUT2D eigenvalue weighted by Gasteiger charge is -2.11. The maximum atomic E-state index is 12.8. The Balaban J connectivity index is 2.42. The molecule has 0 amide bonds. The summed E-state index contributed by atoms with van der Waals surface area (Å²) in [5.74, 6) is -0.197. The number of halogens is 3. The first kappa shape index (κ1) is 15.8. The molecule has 5 heteroatoms. The number of esters is 1. The number of allylic oxidation sites excluding steroid dienone is 1. The summed E-state index contributed by atoms with van der Waals surface area (Å²) in [7, 11) is 0. The molecule has 0 unspecified atom stereocenters. The second-order valence-electron chi connectivity index (χ2n) is 4.58. The standard InChI is InChI=1S/C17H13F3O2/c1-12(21)22-15-9-7-14(8-10-15)16(11-17(18,19)20)13-5-3-2-4-6-13/h2-11H,1H3. The van der Waals surface area contributed by atoms with E-state index in [1.165, 1.54) is 31.2 Å². The van der Waals surface area contributed by atoms with Crippen LogP contribution in [0.25, 0.3) is 5.57 Å². The van der Waals surface area contributed by atoms with Crippen LogP contribution in [0.3, 0.4) is 0 Å². The van der Waals surface area contributed by atoms with Gasteiger partial charge in [0.2, 0.25) is 0 Å². The lowest BCUT2D eigenvalue weighted by atomic mass is 9.97. The Morgan fingerprint density at radius 3 is 2.00 bits per heavy atom. The molecule has 0 heterocycles.